The summed E-state index contributed by atoms with van der Waals surface area (Å²) in [7, 11) is 5.73. The van der Waals surface area contributed by atoms with Gasteiger partial charge < -0.3 is 29.4 Å². The van der Waals surface area contributed by atoms with Gasteiger partial charge in [-0.1, -0.05) is 6.07 Å². The van der Waals surface area contributed by atoms with Crippen LogP contribution >= 0.6 is 0 Å². The third-order valence-electron chi connectivity index (χ3n) is 6.54. The number of likely N-dealkylation sites (N-methyl/N-ethyl adjacent to an activating group) is 2. The van der Waals surface area contributed by atoms with Crippen molar-refractivity contribution in [3.8, 4) is 23.4 Å². The van der Waals surface area contributed by atoms with Gasteiger partial charge in [-0.2, -0.15) is 5.26 Å². The van der Waals surface area contributed by atoms with Crippen LogP contribution < -0.4 is 9.47 Å². The molecule has 0 bridgehead atoms. The zero-order chi connectivity index (χ0) is 27.5. The number of benzene rings is 3. The molecule has 0 fully saturated rings. The highest BCUT2D eigenvalue weighted by Gasteiger charge is 2.22. The number of hydrogen-bond donors (Lipinski definition) is 2. The summed E-state index contributed by atoms with van der Waals surface area (Å²) in [6.07, 6.45) is 0. The Morgan fingerprint density at radius 1 is 0.974 bits per heavy atom. The molecule has 0 radical (unpaired) electrons. The molecule has 1 aromatic heterocycles. The quantitative estimate of drug-likeness (QED) is 0.349. The molecular formula is C30H29N5O4. The van der Waals surface area contributed by atoms with Crippen molar-refractivity contribution in [2.24, 2.45) is 4.99 Å². The summed E-state index contributed by atoms with van der Waals surface area (Å²) in [5, 5.41) is 21.0. The lowest BCUT2D eigenvalue weighted by Crippen LogP contribution is -2.33. The number of ether oxygens (including phenoxy) is 2. The number of nitrogens with zero attached hydrogens (tertiary/aromatic N) is 4. The second-order valence-electron chi connectivity index (χ2n) is 9.62. The fourth-order valence-corrected chi connectivity index (χ4v) is 4.43. The van der Waals surface area contributed by atoms with Crippen LogP contribution in [0.3, 0.4) is 0 Å². The van der Waals surface area contributed by atoms with Gasteiger partial charge in [0.1, 0.15) is 13.2 Å². The SMILES string of the molecule is CN(C)CCN(C)C(=O)c1ccc(N=C(c2ccc3c(c2)OCCO3)c2c(O)[nH]c3cc(C#N)ccc23)cc1. The number of carbonyl (C=O) groups excluding carboxylic acids is 1. The third-order valence-corrected chi connectivity index (χ3v) is 6.54. The highest BCUT2D eigenvalue weighted by Crippen LogP contribution is 2.36. The number of aliphatic imine (C=N–C) groups is 1. The summed E-state index contributed by atoms with van der Waals surface area (Å²) in [5.74, 6) is 1.11. The molecule has 9 nitrogen and oxygen atoms in total. The molecule has 4 aromatic rings. The molecule has 2 heterocycles. The van der Waals surface area contributed by atoms with E-state index in [1.807, 2.05) is 37.2 Å². The number of aromatic nitrogens is 1. The van der Waals surface area contributed by atoms with Gasteiger partial charge in [-0.3, -0.25) is 4.79 Å². The Kier molecular flexibility index (Phi) is 7.21. The number of nitriles is 1. The summed E-state index contributed by atoms with van der Waals surface area (Å²) < 4.78 is 11.5. The molecule has 9 heteroatoms. The number of nitrogens with one attached hydrogen (secondary N) is 1. The summed E-state index contributed by atoms with van der Waals surface area (Å²) >= 11 is 0. The van der Waals surface area contributed by atoms with Gasteiger partial charge in [0.05, 0.1) is 34.1 Å². The minimum atomic E-state index is -0.0676. The molecule has 39 heavy (non-hydrogen) atoms. The Labute approximate surface area is 226 Å². The van der Waals surface area contributed by atoms with Crippen LogP contribution in [0.15, 0.2) is 65.7 Å². The van der Waals surface area contributed by atoms with Crippen LogP contribution in [0, 0.1) is 11.3 Å². The standard InChI is InChI=1S/C30H29N5O4/c1-34(2)12-13-35(3)30(37)20-5-8-22(9-6-20)32-28(21-7-11-25-26(17-21)39-15-14-38-25)27-23-10-4-19(18-31)16-24(23)33-29(27)36/h4-11,16-17,33,36H,12-15H2,1-3H3. The Morgan fingerprint density at radius 2 is 1.69 bits per heavy atom. The van der Waals surface area contributed by atoms with Crippen molar-refractivity contribution < 1.29 is 19.4 Å². The van der Waals surface area contributed by atoms with E-state index in [9.17, 15) is 15.2 Å². The van der Waals surface area contributed by atoms with Crippen molar-refractivity contribution in [1.82, 2.24) is 14.8 Å². The maximum Gasteiger partial charge on any atom is 0.253 e. The third kappa shape index (κ3) is 5.42. The van der Waals surface area contributed by atoms with Gasteiger partial charge >= 0.3 is 0 Å². The number of hydrogen-bond acceptors (Lipinski definition) is 7. The molecule has 0 saturated carbocycles. The van der Waals surface area contributed by atoms with Crippen LogP contribution in [-0.2, 0) is 0 Å². The van der Waals surface area contributed by atoms with Crippen molar-refractivity contribution in [2.45, 2.75) is 0 Å². The fourth-order valence-electron chi connectivity index (χ4n) is 4.43. The van der Waals surface area contributed by atoms with Crippen molar-refractivity contribution in [3.63, 3.8) is 0 Å². The second kappa shape index (κ2) is 10.9. The van der Waals surface area contributed by atoms with Crippen LogP contribution in [0.25, 0.3) is 10.9 Å². The second-order valence-corrected chi connectivity index (χ2v) is 9.62. The Morgan fingerprint density at radius 3 is 2.41 bits per heavy atom. The molecule has 0 spiro atoms. The van der Waals surface area contributed by atoms with Crippen molar-refractivity contribution in [3.05, 3.63) is 82.9 Å². The first kappa shape index (κ1) is 25.8. The number of amides is 1. The van der Waals surface area contributed by atoms with Gasteiger partial charge in [0.15, 0.2) is 17.4 Å². The monoisotopic (exact) mass is 523 g/mol. The normalized spacial score (nSPS) is 12.9. The molecule has 3 aromatic carbocycles. The molecule has 0 unspecified atom stereocenters. The predicted molar refractivity (Wildman–Crippen MR) is 149 cm³/mol. The zero-order valence-corrected chi connectivity index (χ0v) is 22.1. The van der Waals surface area contributed by atoms with E-state index in [1.54, 1.807) is 54.4 Å². The van der Waals surface area contributed by atoms with Crippen molar-refractivity contribution >= 4 is 28.2 Å². The highest BCUT2D eigenvalue weighted by atomic mass is 16.6. The number of fused-ring (bicyclic) bond motifs is 2. The molecule has 0 atom stereocenters. The first-order valence-electron chi connectivity index (χ1n) is 12.6. The van der Waals surface area contributed by atoms with Crippen LogP contribution in [0.1, 0.15) is 27.0 Å². The van der Waals surface area contributed by atoms with Gasteiger partial charge in [0.25, 0.3) is 5.91 Å². The number of aromatic hydroxyl groups is 1. The fraction of sp³-hybridized carbons (Fsp3) is 0.233. The van der Waals surface area contributed by atoms with E-state index in [4.69, 9.17) is 14.5 Å². The summed E-state index contributed by atoms with van der Waals surface area (Å²) in [6, 6.07) is 19.9. The first-order chi connectivity index (χ1) is 18.8. The van der Waals surface area contributed by atoms with E-state index >= 15 is 0 Å². The minimum Gasteiger partial charge on any atom is -0.494 e. The smallest absolute Gasteiger partial charge is 0.253 e. The predicted octanol–water partition coefficient (Wildman–Crippen LogP) is 4.32. The van der Waals surface area contributed by atoms with Gasteiger partial charge in [0.2, 0.25) is 0 Å². The number of aromatic amines is 1. The van der Waals surface area contributed by atoms with E-state index in [2.05, 4.69) is 11.1 Å². The van der Waals surface area contributed by atoms with E-state index < -0.39 is 0 Å². The maximum atomic E-state index is 12.9. The minimum absolute atomic E-state index is 0.0666. The summed E-state index contributed by atoms with van der Waals surface area (Å²) in [6.45, 7) is 2.31. The van der Waals surface area contributed by atoms with Crippen LogP contribution in [0.2, 0.25) is 0 Å². The molecule has 1 amide bonds. The molecule has 1 aliphatic heterocycles. The average Bonchev–Trinajstić information content (AvgIpc) is 3.28. The summed E-state index contributed by atoms with van der Waals surface area (Å²) in [4.78, 5) is 24.5. The number of rotatable bonds is 7. The van der Waals surface area contributed by atoms with Crippen LogP contribution in [-0.4, -0.2) is 79.0 Å². The molecule has 2 N–H and O–H groups in total. The first-order valence-corrected chi connectivity index (χ1v) is 12.6. The van der Waals surface area contributed by atoms with E-state index in [1.165, 1.54) is 0 Å². The zero-order valence-electron chi connectivity index (χ0n) is 22.1. The lowest BCUT2D eigenvalue weighted by Gasteiger charge is -2.20. The molecule has 1 aliphatic rings. The van der Waals surface area contributed by atoms with E-state index in [0.717, 1.165) is 11.9 Å². The topological polar surface area (TPSA) is 114 Å². The molecule has 198 valence electrons. The lowest BCUT2D eigenvalue weighted by molar-refractivity contribution is 0.0786. The van der Waals surface area contributed by atoms with Crippen molar-refractivity contribution in [1.29, 1.82) is 5.26 Å². The van der Waals surface area contributed by atoms with Crippen LogP contribution in [0.4, 0.5) is 5.69 Å². The van der Waals surface area contributed by atoms with Gasteiger partial charge in [-0.15, -0.1) is 0 Å². The van der Waals surface area contributed by atoms with Crippen molar-refractivity contribution in [2.75, 3.05) is 47.4 Å². The molecular weight excluding hydrogens is 494 g/mol. The average molecular weight is 524 g/mol. The molecule has 0 aliphatic carbocycles. The molecule has 0 saturated heterocycles. The molecule has 5 rings (SSSR count). The van der Waals surface area contributed by atoms with Gasteiger partial charge in [-0.25, -0.2) is 4.99 Å². The Bertz CT molecular complexity index is 1600. The van der Waals surface area contributed by atoms with Gasteiger partial charge in [0, 0.05) is 36.7 Å². The van der Waals surface area contributed by atoms with E-state index in [-0.39, 0.29) is 11.8 Å². The largest absolute Gasteiger partial charge is 0.494 e. The Hall–Kier alpha value is -4.81. The maximum absolute atomic E-state index is 12.9. The van der Waals surface area contributed by atoms with E-state index in [0.29, 0.717) is 70.4 Å². The Balaban J connectivity index is 1.57. The lowest BCUT2D eigenvalue weighted by atomic mass is 9.99. The number of carbonyl (C=O) groups is 1. The van der Waals surface area contributed by atoms with Gasteiger partial charge in [-0.05, 0) is 68.7 Å². The van der Waals surface area contributed by atoms with Crippen LogP contribution in [0.5, 0.6) is 17.4 Å². The number of H-pyrrole nitrogens is 1. The summed E-state index contributed by atoms with van der Waals surface area (Å²) in [5.41, 5.74) is 3.97. The highest BCUT2D eigenvalue weighted by molar-refractivity contribution is 6.22.